The van der Waals surface area contributed by atoms with Gasteiger partial charge in [0, 0.05) is 16.5 Å². The van der Waals surface area contributed by atoms with Crippen LogP contribution in [0.2, 0.25) is 5.02 Å². The Labute approximate surface area is 128 Å². The Morgan fingerprint density at radius 1 is 1.33 bits per heavy atom. The Morgan fingerprint density at radius 3 is 2.95 bits per heavy atom. The molecule has 5 rings (SSSR count). The minimum atomic E-state index is -0.337. The molecule has 2 aliphatic heterocycles. The van der Waals surface area contributed by atoms with Crippen molar-refractivity contribution in [1.82, 2.24) is 15.2 Å². The number of rotatable bonds is 1. The molecule has 0 spiro atoms. The molecule has 3 atom stereocenters. The van der Waals surface area contributed by atoms with Crippen molar-refractivity contribution in [3.8, 4) is 11.4 Å². The van der Waals surface area contributed by atoms with Crippen molar-refractivity contribution in [1.29, 1.82) is 0 Å². The molecule has 3 unspecified atom stereocenters. The largest absolute Gasteiger partial charge is 0.365 e. The van der Waals surface area contributed by atoms with Gasteiger partial charge in [-0.3, -0.25) is 0 Å². The van der Waals surface area contributed by atoms with E-state index < -0.39 is 0 Å². The van der Waals surface area contributed by atoms with Crippen LogP contribution in [-0.2, 0) is 10.3 Å². The highest BCUT2D eigenvalue weighted by Gasteiger charge is 2.49. The molecule has 1 aliphatic carbocycles. The fourth-order valence-electron chi connectivity index (χ4n) is 3.47. The van der Waals surface area contributed by atoms with Gasteiger partial charge in [-0.05, 0) is 38.8 Å². The lowest BCUT2D eigenvalue weighted by Crippen LogP contribution is -2.46. The van der Waals surface area contributed by atoms with Crippen LogP contribution in [-0.4, -0.2) is 21.3 Å². The zero-order chi connectivity index (χ0) is 14.6. The third kappa shape index (κ3) is 1.97. The molecule has 108 valence electrons. The quantitative estimate of drug-likeness (QED) is 0.806. The average Bonchev–Trinajstić information content (AvgIpc) is 2.46. The minimum Gasteiger partial charge on any atom is -0.365 e. The molecule has 1 aromatic heterocycles. The Hall–Kier alpha value is -1.52. The SMILES string of the molecule is CC1OC2(C)CCC1c1nc(-c3cccc(Cl)c3)nnc12. The second-order valence-electron chi connectivity index (χ2n) is 6.08. The summed E-state index contributed by atoms with van der Waals surface area (Å²) >= 11 is 6.05. The molecule has 1 fully saturated rings. The fourth-order valence-corrected chi connectivity index (χ4v) is 3.66. The summed E-state index contributed by atoms with van der Waals surface area (Å²) in [4.78, 5) is 4.79. The van der Waals surface area contributed by atoms with Gasteiger partial charge < -0.3 is 4.74 Å². The molecule has 1 aromatic carbocycles. The van der Waals surface area contributed by atoms with Crippen LogP contribution in [0.3, 0.4) is 0 Å². The van der Waals surface area contributed by atoms with Gasteiger partial charge in [0.1, 0.15) is 11.3 Å². The average molecular weight is 302 g/mol. The van der Waals surface area contributed by atoms with Crippen LogP contribution in [0.15, 0.2) is 24.3 Å². The predicted molar refractivity (Wildman–Crippen MR) is 80.1 cm³/mol. The van der Waals surface area contributed by atoms with Crippen LogP contribution in [0.5, 0.6) is 0 Å². The number of nitrogens with zero attached hydrogens (tertiary/aromatic N) is 3. The van der Waals surface area contributed by atoms with E-state index in [4.69, 9.17) is 21.3 Å². The van der Waals surface area contributed by atoms with Gasteiger partial charge in [-0.25, -0.2) is 4.98 Å². The normalized spacial score (nSPS) is 30.2. The Kier molecular flexibility index (Phi) is 2.81. The van der Waals surface area contributed by atoms with Crippen molar-refractivity contribution in [3.63, 3.8) is 0 Å². The Balaban J connectivity index is 1.85. The molecule has 3 heterocycles. The molecule has 2 aromatic rings. The highest BCUT2D eigenvalue weighted by molar-refractivity contribution is 6.30. The fraction of sp³-hybridized carbons (Fsp3) is 0.438. The van der Waals surface area contributed by atoms with Gasteiger partial charge in [0.2, 0.25) is 0 Å². The van der Waals surface area contributed by atoms with Gasteiger partial charge >= 0.3 is 0 Å². The lowest BCUT2D eigenvalue weighted by atomic mass is 9.74. The zero-order valence-corrected chi connectivity index (χ0v) is 12.8. The summed E-state index contributed by atoms with van der Waals surface area (Å²) in [7, 11) is 0. The van der Waals surface area contributed by atoms with Crippen molar-refractivity contribution in [2.75, 3.05) is 0 Å². The standard InChI is InChI=1S/C16H16ClN3O/c1-9-12-6-7-16(2,21-9)14-13(12)18-15(20-19-14)10-4-3-5-11(17)8-10/h3-5,8-9,12H,6-7H2,1-2H3. The maximum Gasteiger partial charge on any atom is 0.182 e. The van der Waals surface area contributed by atoms with Crippen LogP contribution in [0.1, 0.15) is 44.0 Å². The summed E-state index contributed by atoms with van der Waals surface area (Å²) in [6, 6.07) is 7.57. The van der Waals surface area contributed by atoms with Crippen molar-refractivity contribution in [2.45, 2.75) is 44.3 Å². The van der Waals surface area contributed by atoms with Crippen LogP contribution in [0.25, 0.3) is 11.4 Å². The molecule has 0 radical (unpaired) electrons. The number of aromatic nitrogens is 3. The number of hydrogen-bond donors (Lipinski definition) is 0. The van der Waals surface area contributed by atoms with Gasteiger partial charge in [-0.2, -0.15) is 0 Å². The van der Waals surface area contributed by atoms with E-state index in [1.54, 1.807) is 0 Å². The molecule has 3 aliphatic rings. The molecule has 0 amide bonds. The molecule has 5 heteroatoms. The molecule has 2 bridgehead atoms. The van der Waals surface area contributed by atoms with E-state index in [-0.39, 0.29) is 11.7 Å². The first-order valence-corrected chi connectivity index (χ1v) is 7.63. The van der Waals surface area contributed by atoms with Gasteiger partial charge in [0.05, 0.1) is 11.8 Å². The first kappa shape index (κ1) is 13.2. The molecular weight excluding hydrogens is 286 g/mol. The van der Waals surface area contributed by atoms with Crippen molar-refractivity contribution in [3.05, 3.63) is 40.7 Å². The van der Waals surface area contributed by atoms with Gasteiger partial charge in [0.15, 0.2) is 5.82 Å². The second kappa shape index (κ2) is 4.49. The van der Waals surface area contributed by atoms with Crippen LogP contribution >= 0.6 is 11.6 Å². The highest BCUT2D eigenvalue weighted by Crippen LogP contribution is 2.50. The first-order chi connectivity index (χ1) is 10.1. The summed E-state index contributed by atoms with van der Waals surface area (Å²) in [5.41, 5.74) is 2.52. The summed E-state index contributed by atoms with van der Waals surface area (Å²) in [6.07, 6.45) is 2.26. The summed E-state index contributed by atoms with van der Waals surface area (Å²) in [6.45, 7) is 4.21. The van der Waals surface area contributed by atoms with Crippen LogP contribution in [0, 0.1) is 0 Å². The molecular formula is C16H16ClN3O. The number of benzene rings is 1. The molecule has 0 N–H and O–H groups in total. The van der Waals surface area contributed by atoms with E-state index in [0.717, 1.165) is 29.8 Å². The number of hydrogen-bond acceptors (Lipinski definition) is 4. The molecule has 4 nitrogen and oxygen atoms in total. The number of fused-ring (bicyclic) bond motifs is 2. The lowest BCUT2D eigenvalue weighted by molar-refractivity contribution is -0.145. The van der Waals surface area contributed by atoms with Crippen molar-refractivity contribution < 1.29 is 4.74 Å². The maximum absolute atomic E-state index is 6.10. The lowest BCUT2D eigenvalue weighted by Gasteiger charge is -2.47. The Morgan fingerprint density at radius 2 is 2.19 bits per heavy atom. The van der Waals surface area contributed by atoms with Gasteiger partial charge in [0.25, 0.3) is 0 Å². The second-order valence-corrected chi connectivity index (χ2v) is 6.52. The number of halogens is 1. The monoisotopic (exact) mass is 301 g/mol. The highest BCUT2D eigenvalue weighted by atomic mass is 35.5. The van der Waals surface area contributed by atoms with E-state index >= 15 is 0 Å². The third-order valence-electron chi connectivity index (χ3n) is 4.59. The smallest absolute Gasteiger partial charge is 0.182 e. The first-order valence-electron chi connectivity index (χ1n) is 7.26. The van der Waals surface area contributed by atoms with E-state index in [1.165, 1.54) is 0 Å². The Bertz CT molecular complexity index is 720. The van der Waals surface area contributed by atoms with E-state index in [0.29, 0.717) is 16.8 Å². The number of ether oxygens (including phenoxy) is 1. The minimum absolute atomic E-state index is 0.181. The summed E-state index contributed by atoms with van der Waals surface area (Å²) in [5, 5.41) is 9.41. The molecule has 0 saturated carbocycles. The van der Waals surface area contributed by atoms with Crippen LogP contribution < -0.4 is 0 Å². The van der Waals surface area contributed by atoms with Crippen molar-refractivity contribution >= 4 is 11.6 Å². The van der Waals surface area contributed by atoms with Gasteiger partial charge in [-0.15, -0.1) is 10.2 Å². The molecule has 21 heavy (non-hydrogen) atoms. The zero-order valence-electron chi connectivity index (χ0n) is 12.0. The van der Waals surface area contributed by atoms with Gasteiger partial charge in [-0.1, -0.05) is 23.7 Å². The summed E-state index contributed by atoms with van der Waals surface area (Å²) in [5.74, 6) is 0.954. The van der Waals surface area contributed by atoms with Crippen LogP contribution in [0.4, 0.5) is 0 Å². The molecule has 1 saturated heterocycles. The van der Waals surface area contributed by atoms with Crippen molar-refractivity contribution in [2.24, 2.45) is 0 Å². The van der Waals surface area contributed by atoms with E-state index in [2.05, 4.69) is 24.0 Å². The predicted octanol–water partition coefficient (Wildman–Crippen LogP) is 3.70. The summed E-state index contributed by atoms with van der Waals surface area (Å²) < 4.78 is 6.10. The topological polar surface area (TPSA) is 47.9 Å². The third-order valence-corrected chi connectivity index (χ3v) is 4.83. The van der Waals surface area contributed by atoms with E-state index in [1.807, 2.05) is 24.3 Å². The van der Waals surface area contributed by atoms with E-state index in [9.17, 15) is 0 Å². The maximum atomic E-state index is 6.10.